The van der Waals surface area contributed by atoms with Crippen molar-refractivity contribution in [3.63, 3.8) is 0 Å². The number of carbonyl (C=O) groups excluding carboxylic acids is 1. The molecule has 5 rings (SSSR count). The van der Waals surface area contributed by atoms with Crippen LogP contribution in [0.4, 0.5) is 20.2 Å². The van der Waals surface area contributed by atoms with Crippen LogP contribution in [-0.4, -0.2) is 15.9 Å². The van der Waals surface area contributed by atoms with Crippen LogP contribution in [0, 0.1) is 5.82 Å². The quantitative estimate of drug-likeness (QED) is 0.196. The number of benzene rings is 3. The summed E-state index contributed by atoms with van der Waals surface area (Å²) < 4.78 is 37.1. The van der Waals surface area contributed by atoms with E-state index in [1.165, 1.54) is 12.1 Å². The number of nitrogens with one attached hydrogen (secondary N) is 2. The van der Waals surface area contributed by atoms with Gasteiger partial charge in [-0.05, 0) is 72.3 Å². The van der Waals surface area contributed by atoms with Gasteiger partial charge in [0, 0.05) is 29.2 Å². The zero-order valence-corrected chi connectivity index (χ0v) is 21.3. The first-order valence-corrected chi connectivity index (χ1v) is 12.3. The van der Waals surface area contributed by atoms with E-state index in [2.05, 4.69) is 15.3 Å². The van der Waals surface area contributed by atoms with E-state index in [1.54, 1.807) is 97.1 Å². The van der Waals surface area contributed by atoms with Crippen LogP contribution in [0.1, 0.15) is 21.5 Å². The summed E-state index contributed by atoms with van der Waals surface area (Å²) in [5, 5.41) is 2.75. The molecule has 0 spiro atoms. The van der Waals surface area contributed by atoms with Crippen LogP contribution in [0.5, 0.6) is 11.5 Å². The van der Waals surface area contributed by atoms with E-state index in [-0.39, 0.29) is 12.5 Å². The van der Waals surface area contributed by atoms with Gasteiger partial charge in [-0.3, -0.25) is 14.8 Å². The lowest BCUT2D eigenvalue weighted by molar-refractivity contribution is 0.102. The molecule has 2 aromatic heterocycles. The van der Waals surface area contributed by atoms with Crippen molar-refractivity contribution in [2.75, 3.05) is 10.9 Å². The fourth-order valence-electron chi connectivity index (χ4n) is 3.47. The minimum Gasteiger partial charge on any atom is -0.487 e. The van der Waals surface area contributed by atoms with Gasteiger partial charge in [0.15, 0.2) is 0 Å². The van der Waals surface area contributed by atoms with Gasteiger partial charge < -0.3 is 14.8 Å². The Morgan fingerprint density at radius 3 is 2.08 bits per heavy atom. The third kappa shape index (κ3) is 8.63. The van der Waals surface area contributed by atoms with E-state index >= 15 is 0 Å². The van der Waals surface area contributed by atoms with Gasteiger partial charge in [-0.25, -0.2) is 9.93 Å². The Morgan fingerprint density at radius 1 is 0.725 bits per heavy atom. The van der Waals surface area contributed by atoms with Crippen LogP contribution in [0.2, 0.25) is 0 Å². The molecular formula is C31H26F2N4O3. The molecule has 0 bridgehead atoms. The zero-order valence-electron chi connectivity index (χ0n) is 21.3. The molecule has 0 radical (unpaired) electrons. The summed E-state index contributed by atoms with van der Waals surface area (Å²) in [4.78, 5) is 20.0. The molecule has 0 saturated carbocycles. The number of anilines is 2. The molecule has 0 aliphatic carbocycles. The lowest BCUT2D eigenvalue weighted by atomic mass is 10.1. The molecule has 0 aliphatic rings. The first kappa shape index (κ1) is 27.7. The average molecular weight is 541 g/mol. The van der Waals surface area contributed by atoms with Crippen LogP contribution in [0.15, 0.2) is 122 Å². The largest absolute Gasteiger partial charge is 0.487 e. The Bertz CT molecular complexity index is 1490. The second-order valence-electron chi connectivity index (χ2n) is 8.38. The molecule has 9 heteroatoms. The molecule has 2 N–H and O–H groups in total. The Balaban J connectivity index is 0.000000201. The maximum atomic E-state index is 13.9. The standard InChI is InChI=1S/C19H15FN2O2.C12H11FN2O/c20-18-9-8-16(22-19(23)14-5-2-1-3-6-14)11-15(18)13-24-17-7-4-10-21-12-17;13-15-11-4-1-3-10(7-11)9-16-12-5-2-6-14-8-12/h1-12H,13H2,(H,22,23);1-8,15H,9H2. The molecule has 2 heterocycles. The van der Waals surface area contributed by atoms with Crippen LogP contribution in [0.3, 0.4) is 0 Å². The maximum Gasteiger partial charge on any atom is 0.255 e. The normalized spacial score (nSPS) is 10.1. The minimum atomic E-state index is -0.392. The third-order valence-electron chi connectivity index (χ3n) is 5.44. The molecule has 5 aromatic rings. The number of hydrogen-bond donors (Lipinski definition) is 2. The predicted molar refractivity (Wildman–Crippen MR) is 149 cm³/mol. The number of nitrogens with zero attached hydrogens (tertiary/aromatic N) is 2. The van der Waals surface area contributed by atoms with Gasteiger partial charge in [-0.1, -0.05) is 30.3 Å². The number of aromatic nitrogens is 2. The fraction of sp³-hybridized carbons (Fsp3) is 0.0645. The molecule has 0 atom stereocenters. The Kier molecular flexibility index (Phi) is 10.1. The van der Waals surface area contributed by atoms with Crippen molar-refractivity contribution >= 4 is 17.3 Å². The second-order valence-corrected chi connectivity index (χ2v) is 8.38. The third-order valence-corrected chi connectivity index (χ3v) is 5.44. The highest BCUT2D eigenvalue weighted by Gasteiger charge is 2.09. The molecule has 40 heavy (non-hydrogen) atoms. The number of halogens is 2. The number of ether oxygens (including phenoxy) is 2. The first-order chi connectivity index (χ1) is 19.6. The van der Waals surface area contributed by atoms with E-state index in [9.17, 15) is 13.7 Å². The molecule has 0 fully saturated rings. The molecule has 0 aliphatic heterocycles. The maximum absolute atomic E-state index is 13.9. The van der Waals surface area contributed by atoms with Crippen molar-refractivity contribution in [3.8, 4) is 11.5 Å². The van der Waals surface area contributed by atoms with E-state index in [0.717, 1.165) is 5.56 Å². The van der Waals surface area contributed by atoms with E-state index in [4.69, 9.17) is 9.47 Å². The van der Waals surface area contributed by atoms with Gasteiger partial charge in [0.1, 0.15) is 30.5 Å². The van der Waals surface area contributed by atoms with Crippen molar-refractivity contribution in [1.29, 1.82) is 0 Å². The number of amides is 1. The number of hydrogen-bond acceptors (Lipinski definition) is 6. The highest BCUT2D eigenvalue weighted by Crippen LogP contribution is 2.19. The van der Waals surface area contributed by atoms with Gasteiger partial charge in [-0.2, -0.15) is 0 Å². The average Bonchev–Trinajstić information content (AvgIpc) is 3.02. The Morgan fingerprint density at radius 2 is 1.43 bits per heavy atom. The number of rotatable bonds is 9. The Labute approximate surface area is 230 Å². The van der Waals surface area contributed by atoms with Crippen molar-refractivity contribution in [2.45, 2.75) is 13.2 Å². The number of carbonyl (C=O) groups is 1. The minimum absolute atomic E-state index is 0.0482. The number of pyridine rings is 2. The lowest BCUT2D eigenvalue weighted by Crippen LogP contribution is -2.12. The fourth-order valence-corrected chi connectivity index (χ4v) is 3.47. The van der Waals surface area contributed by atoms with Gasteiger partial charge in [0.25, 0.3) is 5.91 Å². The van der Waals surface area contributed by atoms with Crippen molar-refractivity contribution in [2.24, 2.45) is 0 Å². The molecule has 0 saturated heterocycles. The van der Waals surface area contributed by atoms with E-state index < -0.39 is 5.82 Å². The molecule has 1 amide bonds. The van der Waals surface area contributed by atoms with E-state index in [0.29, 0.717) is 40.6 Å². The van der Waals surface area contributed by atoms with Crippen molar-refractivity contribution in [1.82, 2.24) is 9.97 Å². The summed E-state index contributed by atoms with van der Waals surface area (Å²) in [6.07, 6.45) is 6.50. The summed E-state index contributed by atoms with van der Waals surface area (Å²) in [5.74, 6) is 0.606. The summed E-state index contributed by atoms with van der Waals surface area (Å²) in [5.41, 5.74) is 4.31. The Hall–Kier alpha value is -5.31. The molecular weight excluding hydrogens is 514 g/mol. The van der Waals surface area contributed by atoms with Gasteiger partial charge >= 0.3 is 0 Å². The topological polar surface area (TPSA) is 85.4 Å². The zero-order chi connectivity index (χ0) is 28.0. The van der Waals surface area contributed by atoms with Crippen molar-refractivity contribution < 1.29 is 23.1 Å². The van der Waals surface area contributed by atoms with Crippen molar-refractivity contribution in [3.05, 3.63) is 144 Å². The van der Waals surface area contributed by atoms with Crippen LogP contribution in [0.25, 0.3) is 0 Å². The lowest BCUT2D eigenvalue weighted by Gasteiger charge is -2.10. The molecule has 3 aromatic carbocycles. The van der Waals surface area contributed by atoms with Crippen LogP contribution >= 0.6 is 0 Å². The molecule has 7 nitrogen and oxygen atoms in total. The van der Waals surface area contributed by atoms with Gasteiger partial charge in [-0.15, -0.1) is 4.48 Å². The van der Waals surface area contributed by atoms with Crippen LogP contribution in [-0.2, 0) is 13.2 Å². The second kappa shape index (κ2) is 14.6. The van der Waals surface area contributed by atoms with Gasteiger partial charge in [0.05, 0.1) is 18.1 Å². The highest BCUT2D eigenvalue weighted by atomic mass is 19.2. The van der Waals surface area contributed by atoms with Gasteiger partial charge in [0.2, 0.25) is 0 Å². The summed E-state index contributed by atoms with van der Waals surface area (Å²) in [6.45, 7) is 0.438. The smallest absolute Gasteiger partial charge is 0.255 e. The SMILES string of the molecule is FNc1cccc(COc2cccnc2)c1.O=C(Nc1ccc(F)c(COc2cccnc2)c1)c1ccccc1. The predicted octanol–water partition coefficient (Wildman–Crippen LogP) is 7.01. The highest BCUT2D eigenvalue weighted by molar-refractivity contribution is 6.04. The molecule has 0 unspecified atom stereocenters. The summed E-state index contributed by atoms with van der Waals surface area (Å²) in [6, 6.07) is 27.3. The molecule has 202 valence electrons. The first-order valence-electron chi connectivity index (χ1n) is 12.3. The summed E-state index contributed by atoms with van der Waals surface area (Å²) >= 11 is 0. The summed E-state index contributed by atoms with van der Waals surface area (Å²) in [7, 11) is 0. The van der Waals surface area contributed by atoms with Crippen LogP contribution < -0.4 is 20.3 Å². The monoisotopic (exact) mass is 540 g/mol. The van der Waals surface area contributed by atoms with E-state index in [1.807, 2.05) is 18.2 Å².